The molecule has 0 radical (unpaired) electrons. The smallest absolute Gasteiger partial charge is 0.364 e. The maximum atomic E-state index is 13.5. The number of rotatable bonds is 27. The third-order valence-corrected chi connectivity index (χ3v) is 14.6. The van der Waals surface area contributed by atoms with E-state index in [2.05, 4.69) is 21.3 Å². The summed E-state index contributed by atoms with van der Waals surface area (Å²) in [6.45, 7) is -3.82. The topological polar surface area (TPSA) is 610 Å². The highest BCUT2D eigenvalue weighted by Crippen LogP contribution is 2.40. The minimum atomic E-state index is -3.37. The molecule has 30 atom stereocenters. The van der Waals surface area contributed by atoms with Gasteiger partial charge in [0.05, 0.1) is 64.4 Å². The second-order valence-corrected chi connectivity index (χ2v) is 20.9. The van der Waals surface area contributed by atoms with Gasteiger partial charge in [-0.1, -0.05) is 0 Å². The summed E-state index contributed by atoms with van der Waals surface area (Å²) in [4.78, 5) is 63.0. The van der Waals surface area contributed by atoms with Gasteiger partial charge in [-0.3, -0.25) is 19.2 Å². The van der Waals surface area contributed by atoms with Gasteiger partial charge >= 0.3 is 5.97 Å². The molecule has 0 bridgehead atoms. The predicted molar refractivity (Wildman–Crippen MR) is 265 cm³/mol. The summed E-state index contributed by atoms with van der Waals surface area (Å²) in [7, 11) is 0. The fourth-order valence-electron chi connectivity index (χ4n) is 10.3. The molecule has 23 N–H and O–H groups in total. The van der Waals surface area contributed by atoms with E-state index in [0.717, 1.165) is 27.7 Å². The van der Waals surface area contributed by atoms with E-state index >= 15 is 0 Å². The second-order valence-electron chi connectivity index (χ2n) is 20.9. The second kappa shape index (κ2) is 31.6. The molecule has 0 saturated carbocycles. The summed E-state index contributed by atoms with van der Waals surface area (Å²) >= 11 is 0. The van der Waals surface area contributed by atoms with Crippen molar-refractivity contribution < 1.29 is 168 Å². The molecule has 5 heterocycles. The zero-order valence-electron chi connectivity index (χ0n) is 46.0. The molecular formula is C47H80N4O34. The third kappa shape index (κ3) is 16.9. The van der Waals surface area contributed by atoms with Gasteiger partial charge in [-0.2, -0.15) is 0 Å². The molecule has 0 unspecified atom stereocenters. The first-order valence-electron chi connectivity index (χ1n) is 26.6. The lowest BCUT2D eigenvalue weighted by molar-refractivity contribution is -0.398. The van der Waals surface area contributed by atoms with Crippen LogP contribution in [-0.4, -0.2) is 356 Å². The van der Waals surface area contributed by atoms with Gasteiger partial charge in [-0.05, 0) is 0 Å². The Hall–Kier alpha value is -3.77. The number of amides is 4. The Morgan fingerprint density at radius 2 is 1.02 bits per heavy atom. The van der Waals surface area contributed by atoms with Crippen molar-refractivity contribution >= 4 is 29.6 Å². The molecule has 5 aliphatic rings. The van der Waals surface area contributed by atoms with Crippen LogP contribution in [-0.2, 0) is 71.3 Å². The molecule has 5 rings (SSSR count). The Bertz CT molecular complexity index is 2160. The average molecular weight is 1250 g/mol. The van der Waals surface area contributed by atoms with Crippen molar-refractivity contribution in [2.75, 3.05) is 46.2 Å². The molecule has 0 aromatic carbocycles. The molecule has 492 valence electrons. The Morgan fingerprint density at radius 3 is 1.54 bits per heavy atom. The summed E-state index contributed by atoms with van der Waals surface area (Å²) in [5, 5.41) is 215. The molecule has 38 nitrogen and oxygen atoms in total. The Balaban J connectivity index is 1.50. The van der Waals surface area contributed by atoms with E-state index in [1.54, 1.807) is 0 Å². The van der Waals surface area contributed by atoms with Crippen LogP contribution < -0.4 is 21.3 Å². The number of carbonyl (C=O) groups is 5. The minimum absolute atomic E-state index is 0.820. The van der Waals surface area contributed by atoms with Gasteiger partial charge in [0.1, 0.15) is 134 Å². The van der Waals surface area contributed by atoms with Crippen molar-refractivity contribution in [2.45, 2.75) is 217 Å². The summed E-state index contributed by atoms with van der Waals surface area (Å²) in [5.74, 6) is -9.03. The van der Waals surface area contributed by atoms with E-state index in [-0.39, 0.29) is 0 Å². The number of ether oxygens (including phenoxy) is 10. The first kappa shape index (κ1) is 72.0. The van der Waals surface area contributed by atoms with Gasteiger partial charge in [-0.15, -0.1) is 0 Å². The number of aliphatic hydroxyl groups excluding tert-OH is 18. The molecule has 0 aromatic heterocycles. The maximum Gasteiger partial charge on any atom is 0.364 e. The van der Waals surface area contributed by atoms with Crippen LogP contribution in [0.3, 0.4) is 0 Å². The Morgan fingerprint density at radius 1 is 0.529 bits per heavy atom. The van der Waals surface area contributed by atoms with Gasteiger partial charge in [0, 0.05) is 34.1 Å². The third-order valence-electron chi connectivity index (χ3n) is 14.6. The Kier molecular flexibility index (Phi) is 26.8. The van der Waals surface area contributed by atoms with E-state index in [9.17, 15) is 121 Å². The van der Waals surface area contributed by atoms with Gasteiger partial charge in [-0.25, -0.2) is 4.79 Å². The molecule has 0 spiro atoms. The maximum absolute atomic E-state index is 13.5. The molecular weight excluding hydrogens is 1160 g/mol. The van der Waals surface area contributed by atoms with Crippen molar-refractivity contribution in [1.29, 1.82) is 0 Å². The van der Waals surface area contributed by atoms with Crippen LogP contribution in [0, 0.1) is 0 Å². The zero-order valence-corrected chi connectivity index (χ0v) is 46.0. The Labute approximate surface area is 482 Å². The van der Waals surface area contributed by atoms with Crippen molar-refractivity contribution in [3.8, 4) is 0 Å². The first-order valence-corrected chi connectivity index (χ1v) is 26.6. The van der Waals surface area contributed by atoms with Crippen LogP contribution >= 0.6 is 0 Å². The number of hydrogen-bond acceptors (Lipinski definition) is 33. The highest BCUT2D eigenvalue weighted by Gasteiger charge is 2.62. The summed E-state index contributed by atoms with van der Waals surface area (Å²) < 4.78 is 58.1. The quantitative estimate of drug-likeness (QED) is 0.0363. The summed E-state index contributed by atoms with van der Waals surface area (Å²) in [6.07, 6.45) is -53.5. The number of carboxylic acid groups (broad SMARTS) is 1. The fourth-order valence-corrected chi connectivity index (χ4v) is 10.3. The average Bonchev–Trinajstić information content (AvgIpc) is 1.32. The fraction of sp³-hybridized carbons (Fsp3) is 0.894. The van der Waals surface area contributed by atoms with E-state index in [4.69, 9.17) is 47.4 Å². The van der Waals surface area contributed by atoms with Crippen LogP contribution in [0.15, 0.2) is 0 Å². The van der Waals surface area contributed by atoms with Crippen molar-refractivity contribution in [1.82, 2.24) is 21.3 Å². The highest BCUT2D eigenvalue weighted by molar-refractivity contribution is 5.77. The van der Waals surface area contributed by atoms with Crippen LogP contribution in [0.1, 0.15) is 34.1 Å². The van der Waals surface area contributed by atoms with Gasteiger partial charge in [0.2, 0.25) is 23.6 Å². The number of aliphatic hydroxyl groups is 18. The number of carbonyl (C=O) groups excluding carboxylic acids is 4. The van der Waals surface area contributed by atoms with Crippen molar-refractivity contribution in [3.05, 3.63) is 0 Å². The summed E-state index contributed by atoms with van der Waals surface area (Å²) in [6, 6.07) is -7.06. The highest BCUT2D eigenvalue weighted by atomic mass is 16.8. The summed E-state index contributed by atoms with van der Waals surface area (Å²) in [5.41, 5.74) is 0. The number of aliphatic carboxylic acids is 1. The minimum Gasteiger partial charge on any atom is -0.477 e. The molecule has 4 amide bonds. The predicted octanol–water partition coefficient (Wildman–Crippen LogP) is -14.7. The SMILES string of the molecule is CC(=O)N[C@H]1[C@H](OC[C@@H](O)[C@H](O)[C@H](O[C@@H]2O[C@H](CO)[C@H](O)[C@H](O)[C@H]2O)[C@H](CO)NC(C)=O)O[C@H](CO)[C@@H](O[C@@H]2O[C@H](CO)[C@H](O[C@@H]3O[C@H](CO)[C@H](O)[C@H](O)[C@H]3NC(C)=O)[C@H](O[C@]3(C(=O)O)C[C@H](O)[C@@H](NC(C)=O)[C@H]([C@H](O)[C@H](O)CO)O3)[C@H]2O)[C@@H]1O. The van der Waals surface area contributed by atoms with Crippen LogP contribution in [0.4, 0.5) is 0 Å². The standard InChI is InChI=1S/C47H80N4O34/c1-13(58)48-17(6-52)37(81-44-35(72)34(71)31(68)22(9-55)78-44)29(66)20(64)12-76-42-27(51-16(4)61)33(70)38(23(10-56)79-42)82-45-36(73)41(39(24(11-57)80-45)83-43-26(50-15(3)60)32(69)30(67)21(8-54)77-43)85-47(46(74)75)5-18(62)25(49-14(2)59)40(84-47)28(65)19(63)7-53/h17-45,52-57,62-73H,5-12H2,1-4H3,(H,48,58)(H,49,59)(H,50,60)(H,51,61)(H,74,75)/t17-,18-,19+,20+,21+,22+,23+,24+,25+,26+,27+,28+,29-,30-,31-,32+,33+,34-,35+,36+,37+,38+,39-,40+,41+,42+,43-,44-,45-,47-/m0/s1. The number of nitrogens with one attached hydrogen (secondary N) is 4. The lowest BCUT2D eigenvalue weighted by atomic mass is 9.88. The number of carboxylic acids is 1. The van der Waals surface area contributed by atoms with Crippen LogP contribution in [0.25, 0.3) is 0 Å². The van der Waals surface area contributed by atoms with E-state index < -0.39 is 266 Å². The molecule has 0 aliphatic carbocycles. The number of hydrogen-bond donors (Lipinski definition) is 23. The molecule has 5 aliphatic heterocycles. The monoisotopic (exact) mass is 1240 g/mol. The van der Waals surface area contributed by atoms with E-state index in [1.165, 1.54) is 0 Å². The largest absolute Gasteiger partial charge is 0.477 e. The van der Waals surface area contributed by atoms with Crippen molar-refractivity contribution in [2.24, 2.45) is 0 Å². The first-order chi connectivity index (χ1) is 39.9. The molecule has 5 saturated heterocycles. The van der Waals surface area contributed by atoms with E-state index in [1.807, 2.05) is 0 Å². The van der Waals surface area contributed by atoms with Crippen LogP contribution in [0.5, 0.6) is 0 Å². The zero-order chi connectivity index (χ0) is 63.7. The lowest BCUT2D eigenvalue weighted by Crippen LogP contribution is -2.72. The van der Waals surface area contributed by atoms with Gasteiger partial charge in [0.25, 0.3) is 5.79 Å². The van der Waals surface area contributed by atoms with Crippen LogP contribution in [0.2, 0.25) is 0 Å². The molecule has 5 fully saturated rings. The molecule has 38 heteroatoms. The molecule has 0 aromatic rings. The van der Waals surface area contributed by atoms with E-state index in [0.29, 0.717) is 0 Å². The van der Waals surface area contributed by atoms with Crippen molar-refractivity contribution in [3.63, 3.8) is 0 Å². The lowest BCUT2D eigenvalue weighted by Gasteiger charge is -2.52. The molecule has 85 heavy (non-hydrogen) atoms. The normalized spacial score (nSPS) is 41.0. The van der Waals surface area contributed by atoms with Gasteiger partial charge in [0.15, 0.2) is 25.2 Å². The van der Waals surface area contributed by atoms with Gasteiger partial charge < -0.3 is 166 Å².